The number of carbonyl (C=O) groups is 1. The Morgan fingerprint density at radius 2 is 2.23 bits per heavy atom. The first-order valence-corrected chi connectivity index (χ1v) is 3.35. The molecule has 0 atom stereocenters. The summed E-state index contributed by atoms with van der Waals surface area (Å²) in [6.07, 6.45) is 0.840. The number of aromatic nitrogens is 2. The van der Waals surface area contributed by atoms with Gasteiger partial charge in [0.05, 0.1) is 6.20 Å². The van der Waals surface area contributed by atoms with Gasteiger partial charge in [-0.25, -0.2) is 13.6 Å². The minimum Gasteiger partial charge on any atom is -0.476 e. The highest BCUT2D eigenvalue weighted by Gasteiger charge is 2.26. The van der Waals surface area contributed by atoms with E-state index in [1.165, 1.54) is 0 Å². The normalized spacial score (nSPS) is 11.3. The van der Waals surface area contributed by atoms with Crippen LogP contribution in [0.1, 0.15) is 23.0 Å². The van der Waals surface area contributed by atoms with E-state index < -0.39 is 23.1 Å². The average Bonchev–Trinajstić information content (AvgIpc) is 2.03. The lowest BCUT2D eigenvalue weighted by molar-refractivity contribution is 0.0168. The molecule has 1 N–H and O–H groups in total. The predicted octanol–water partition coefficient (Wildman–Crippen LogP) is 1.29. The van der Waals surface area contributed by atoms with Gasteiger partial charge in [0.2, 0.25) is 0 Å². The summed E-state index contributed by atoms with van der Waals surface area (Å²) in [6, 6.07) is 0.801. The third-order valence-electron chi connectivity index (χ3n) is 1.38. The van der Waals surface area contributed by atoms with Crippen LogP contribution in [0, 0.1) is 0 Å². The van der Waals surface area contributed by atoms with Crippen LogP contribution < -0.4 is 0 Å². The molecule has 0 aromatic carbocycles. The lowest BCUT2D eigenvalue weighted by Crippen LogP contribution is -2.11. The van der Waals surface area contributed by atoms with Crippen LogP contribution in [0.3, 0.4) is 0 Å². The molecule has 0 spiro atoms. The van der Waals surface area contributed by atoms with Crippen LogP contribution in [0.25, 0.3) is 0 Å². The molecule has 0 aliphatic heterocycles. The van der Waals surface area contributed by atoms with Gasteiger partial charge in [0.25, 0.3) is 5.92 Å². The summed E-state index contributed by atoms with van der Waals surface area (Å²) in [5, 5.41) is 14.8. The SMILES string of the molecule is CC(F)(F)c1cnnc(C(=O)O)c1. The summed E-state index contributed by atoms with van der Waals surface area (Å²) in [6.45, 7) is 0.662. The molecule has 4 nitrogen and oxygen atoms in total. The lowest BCUT2D eigenvalue weighted by Gasteiger charge is -2.08. The van der Waals surface area contributed by atoms with Crippen molar-refractivity contribution in [2.75, 3.05) is 0 Å². The van der Waals surface area contributed by atoms with E-state index in [0.29, 0.717) is 6.92 Å². The highest BCUT2D eigenvalue weighted by atomic mass is 19.3. The molecular weight excluding hydrogens is 182 g/mol. The van der Waals surface area contributed by atoms with Crippen molar-refractivity contribution in [3.8, 4) is 0 Å². The van der Waals surface area contributed by atoms with Crippen LogP contribution >= 0.6 is 0 Å². The monoisotopic (exact) mass is 188 g/mol. The molecule has 13 heavy (non-hydrogen) atoms. The van der Waals surface area contributed by atoms with E-state index in [2.05, 4.69) is 10.2 Å². The minimum atomic E-state index is -3.10. The Hall–Kier alpha value is -1.59. The zero-order valence-electron chi connectivity index (χ0n) is 6.66. The van der Waals surface area contributed by atoms with Gasteiger partial charge in [0.15, 0.2) is 5.69 Å². The summed E-state index contributed by atoms with van der Waals surface area (Å²) >= 11 is 0. The molecule has 1 aromatic heterocycles. The minimum absolute atomic E-state index is 0.458. The van der Waals surface area contributed by atoms with E-state index in [9.17, 15) is 13.6 Å². The third-order valence-corrected chi connectivity index (χ3v) is 1.38. The molecule has 1 heterocycles. The Morgan fingerprint density at radius 3 is 2.69 bits per heavy atom. The molecular formula is C7H6F2N2O2. The van der Waals surface area contributed by atoms with Gasteiger partial charge in [-0.15, -0.1) is 5.10 Å². The molecule has 6 heteroatoms. The Balaban J connectivity index is 3.13. The fourth-order valence-corrected chi connectivity index (χ4v) is 0.711. The van der Waals surface area contributed by atoms with Crippen LogP contribution in [0.5, 0.6) is 0 Å². The number of hydrogen-bond acceptors (Lipinski definition) is 3. The summed E-state index contributed by atoms with van der Waals surface area (Å²) in [4.78, 5) is 10.3. The quantitative estimate of drug-likeness (QED) is 0.759. The van der Waals surface area contributed by atoms with Crippen molar-refractivity contribution in [2.24, 2.45) is 0 Å². The number of aromatic carboxylic acids is 1. The van der Waals surface area contributed by atoms with Crippen LogP contribution in [0.4, 0.5) is 8.78 Å². The number of alkyl halides is 2. The molecule has 0 bridgehead atoms. The largest absolute Gasteiger partial charge is 0.476 e. The number of nitrogens with zero attached hydrogens (tertiary/aromatic N) is 2. The van der Waals surface area contributed by atoms with E-state index >= 15 is 0 Å². The smallest absolute Gasteiger partial charge is 0.356 e. The molecule has 0 aliphatic rings. The van der Waals surface area contributed by atoms with Crippen molar-refractivity contribution in [2.45, 2.75) is 12.8 Å². The van der Waals surface area contributed by atoms with E-state index in [1.807, 2.05) is 0 Å². The standard InChI is InChI=1S/C7H6F2N2O2/c1-7(8,9)4-2-5(6(12)13)11-10-3-4/h2-3H,1H3,(H,12,13). The Kier molecular flexibility index (Phi) is 2.22. The molecule has 0 fully saturated rings. The molecule has 0 saturated carbocycles. The summed E-state index contributed by atoms with van der Waals surface area (Å²) in [5.41, 5.74) is -0.945. The van der Waals surface area contributed by atoms with Gasteiger partial charge in [-0.05, 0) is 6.07 Å². The third kappa shape index (κ3) is 2.17. The van der Waals surface area contributed by atoms with E-state index in [4.69, 9.17) is 5.11 Å². The van der Waals surface area contributed by atoms with Crippen LogP contribution in [-0.2, 0) is 5.92 Å². The van der Waals surface area contributed by atoms with Gasteiger partial charge < -0.3 is 5.11 Å². The highest BCUT2D eigenvalue weighted by Crippen LogP contribution is 2.25. The van der Waals surface area contributed by atoms with E-state index in [0.717, 1.165) is 12.3 Å². The zero-order valence-corrected chi connectivity index (χ0v) is 6.66. The van der Waals surface area contributed by atoms with E-state index in [1.54, 1.807) is 0 Å². The predicted molar refractivity (Wildman–Crippen MR) is 38.6 cm³/mol. The first-order chi connectivity index (χ1) is 5.91. The second kappa shape index (κ2) is 3.04. The van der Waals surface area contributed by atoms with Crippen LogP contribution in [0.15, 0.2) is 12.3 Å². The fraction of sp³-hybridized carbons (Fsp3) is 0.286. The van der Waals surface area contributed by atoms with Crippen LogP contribution in [-0.4, -0.2) is 21.3 Å². The second-order valence-electron chi connectivity index (χ2n) is 2.52. The highest BCUT2D eigenvalue weighted by molar-refractivity contribution is 5.85. The van der Waals surface area contributed by atoms with Crippen molar-refractivity contribution in [3.05, 3.63) is 23.5 Å². The van der Waals surface area contributed by atoms with Crippen molar-refractivity contribution in [1.29, 1.82) is 0 Å². The summed E-state index contributed by atoms with van der Waals surface area (Å²) in [7, 11) is 0. The topological polar surface area (TPSA) is 63.1 Å². The molecule has 0 radical (unpaired) electrons. The Labute approximate surface area is 72.2 Å². The first-order valence-electron chi connectivity index (χ1n) is 3.35. The average molecular weight is 188 g/mol. The van der Waals surface area contributed by atoms with Crippen molar-refractivity contribution in [3.63, 3.8) is 0 Å². The Morgan fingerprint density at radius 1 is 1.62 bits per heavy atom. The van der Waals surface area contributed by atoms with Crippen molar-refractivity contribution >= 4 is 5.97 Å². The number of hydrogen-bond donors (Lipinski definition) is 1. The van der Waals surface area contributed by atoms with Gasteiger partial charge in [-0.1, -0.05) is 0 Å². The van der Waals surface area contributed by atoms with Crippen molar-refractivity contribution in [1.82, 2.24) is 10.2 Å². The summed E-state index contributed by atoms with van der Waals surface area (Å²) in [5.74, 6) is -4.47. The van der Waals surface area contributed by atoms with Crippen molar-refractivity contribution < 1.29 is 18.7 Å². The molecule has 70 valence electrons. The number of carboxylic acids is 1. The van der Waals surface area contributed by atoms with Crippen LogP contribution in [0.2, 0.25) is 0 Å². The molecule has 0 amide bonds. The van der Waals surface area contributed by atoms with Gasteiger partial charge in [-0.2, -0.15) is 5.10 Å². The number of rotatable bonds is 2. The van der Waals surface area contributed by atoms with Gasteiger partial charge in [0.1, 0.15) is 0 Å². The van der Waals surface area contributed by atoms with Gasteiger partial charge in [-0.3, -0.25) is 0 Å². The summed E-state index contributed by atoms with van der Waals surface area (Å²) < 4.78 is 25.3. The lowest BCUT2D eigenvalue weighted by atomic mass is 10.1. The number of halogens is 2. The van der Waals surface area contributed by atoms with Gasteiger partial charge >= 0.3 is 5.97 Å². The zero-order chi connectivity index (χ0) is 10.1. The molecule has 0 saturated heterocycles. The van der Waals surface area contributed by atoms with E-state index in [-0.39, 0.29) is 0 Å². The maximum atomic E-state index is 12.6. The molecule has 1 aromatic rings. The van der Waals surface area contributed by atoms with Gasteiger partial charge in [0, 0.05) is 12.5 Å². The fourth-order valence-electron chi connectivity index (χ4n) is 0.711. The molecule has 0 unspecified atom stereocenters. The first kappa shape index (κ1) is 9.50. The number of carboxylic acid groups (broad SMARTS) is 1. The Bertz CT molecular complexity index is 336. The maximum Gasteiger partial charge on any atom is 0.356 e. The molecule has 1 rings (SSSR count). The molecule has 0 aliphatic carbocycles. The second-order valence-corrected chi connectivity index (χ2v) is 2.52. The maximum absolute atomic E-state index is 12.6.